The Morgan fingerprint density at radius 2 is 0.906 bits per heavy atom. The van der Waals surface area contributed by atoms with Crippen LogP contribution >= 0.6 is 101 Å². The molecule has 5 atom stereocenters. The normalized spacial score (nSPS) is 17.7. The van der Waals surface area contributed by atoms with E-state index >= 15 is 0 Å². The number of nitrogens with one attached hydrogen (secondary N) is 1. The number of halogens is 20. The monoisotopic (exact) mass is 2080 g/mol. The van der Waals surface area contributed by atoms with E-state index in [1.165, 1.54) is 0 Å². The Hall–Kier alpha value is -6.92. The minimum Gasteiger partial charge on any atom is -1.00 e. The fourth-order valence-electron chi connectivity index (χ4n) is 12.0. The van der Waals surface area contributed by atoms with Crippen molar-refractivity contribution < 1.29 is 142 Å². The third-order valence-electron chi connectivity index (χ3n) is 18.1. The second-order valence-corrected chi connectivity index (χ2v) is 40.5. The summed E-state index contributed by atoms with van der Waals surface area (Å²) < 4.78 is 267. The number of aryl methyl sites for hydroxylation is 1. The van der Waals surface area contributed by atoms with Crippen LogP contribution in [0.1, 0.15) is 163 Å². The van der Waals surface area contributed by atoms with Crippen molar-refractivity contribution in [3.8, 4) is 0 Å². The molecule has 1 saturated heterocycles. The van der Waals surface area contributed by atoms with Crippen LogP contribution in [0.25, 0.3) is 56.8 Å². The van der Waals surface area contributed by atoms with Crippen molar-refractivity contribution in [3.63, 3.8) is 0 Å². The number of anilines is 1. The van der Waals surface area contributed by atoms with Crippen molar-refractivity contribution in [2.75, 3.05) is 31.9 Å². The third-order valence-corrected chi connectivity index (χ3v) is 25.9. The van der Waals surface area contributed by atoms with Gasteiger partial charge in [0.05, 0.1) is 56.8 Å². The molecule has 4 aliphatic rings. The van der Waals surface area contributed by atoms with Gasteiger partial charge in [-0.1, -0.05) is 89.9 Å². The maximum absolute atomic E-state index is 12.9. The summed E-state index contributed by atoms with van der Waals surface area (Å²) in [5, 5.41) is -0.567. The standard InChI is InChI=1S/C19H21F3N2O2S.C14H15F3N2S.C14H13F3N2S.C12H18F3NO5S.C9H6F3NS.C8H3BrF3NS.C6H6BrNS.B.Na.H/c1-11-5-7-14(24(10-11)17(25)26-18(2,3)4)12-6-8-15-13(9-12)23-16(27-15)19(20,21)22;2*1-8-2-4-10(18-7-8)9-3-5-12-11(6-9)19-13(20-12)14(15,16)17;1-8-5-6-9(21-22(18,19)12(13,14)15)16(7-8)10(17)20-11(2,3)4;1-5-2-3-7-6(4-5)13-8(14-7)9(10,11)12;9-4-1-2-6-5(3-4)13-7(14-6)8(10,11)12;7-4-1-2-6(9)5(8)3-4;;;/h6-9,11H,5,10H2,1-4H3;3,5-6,8,10,18H,2,4,7H2,1H3;3,5-6,8H,2,4,7H2,1H3;6,8H,5,7H2,1-4H3;2-4H,1H3;1-3H;1-3,9H,8H2;;;/q;;;;;;;;+1;-1/t;8-,10+;;;;;;;;/m.0......../s1. The fourth-order valence-corrected chi connectivity index (χ4v) is 17.5. The van der Waals surface area contributed by atoms with Gasteiger partial charge in [-0.3, -0.25) is 9.89 Å². The van der Waals surface area contributed by atoms with Crippen LogP contribution in [0.5, 0.6) is 0 Å². The number of amides is 2. The molecule has 0 spiro atoms. The number of alkyl halides is 18. The Morgan fingerprint density at radius 1 is 0.508 bits per heavy atom. The largest absolute Gasteiger partial charge is 1.00 e. The second kappa shape index (κ2) is 43.8. The average Bonchev–Trinajstić information content (AvgIpc) is 1.79. The van der Waals surface area contributed by atoms with Gasteiger partial charge >= 0.3 is 88.3 Å². The Bertz CT molecular complexity index is 5820. The molecule has 3 unspecified atom stereocenters. The Kier molecular flexibility index (Phi) is 37.0. The number of thiol groups is 1. The number of thiazole rings is 5. The predicted octanol–water partition coefficient (Wildman–Crippen LogP) is 24.6. The zero-order valence-corrected chi connectivity index (χ0v) is 81.0. The first-order valence-electron chi connectivity index (χ1n) is 38.1. The summed E-state index contributed by atoms with van der Waals surface area (Å²) >= 11 is 13.9. The van der Waals surface area contributed by atoms with Crippen LogP contribution in [0.3, 0.4) is 0 Å². The van der Waals surface area contributed by atoms with Crippen molar-refractivity contribution in [2.45, 2.75) is 173 Å². The molecule has 17 nitrogen and oxygen atoms in total. The zero-order chi connectivity index (χ0) is 93.5. The number of carbonyl (C=O) groups excluding carboxylic acids is 2. The number of rotatable bonds is 5. The topological polar surface area (TPSA) is 217 Å². The number of allylic oxidation sites excluding steroid dienone is 2. The van der Waals surface area contributed by atoms with Gasteiger partial charge in [-0.05, 0) is 225 Å². The van der Waals surface area contributed by atoms with Crippen LogP contribution in [0.15, 0.2) is 146 Å². The molecule has 689 valence electrons. The second-order valence-electron chi connectivity index (χ2n) is 31.5. The van der Waals surface area contributed by atoms with Gasteiger partial charge in [-0.25, -0.2) is 39.4 Å². The van der Waals surface area contributed by atoms with Gasteiger partial charge in [0, 0.05) is 64.9 Å². The Labute approximate surface area is 792 Å². The molecule has 11 aromatic rings. The summed E-state index contributed by atoms with van der Waals surface area (Å²) in [6, 6.07) is 31.4. The molecule has 5 aromatic heterocycles. The first kappa shape index (κ1) is 108. The number of hydrogen-bond acceptors (Lipinski definition) is 21. The van der Waals surface area contributed by atoms with Gasteiger partial charge in [-0.2, -0.15) is 87.4 Å². The summed E-state index contributed by atoms with van der Waals surface area (Å²) in [4.78, 5) is 50.5. The van der Waals surface area contributed by atoms with Crippen LogP contribution in [0.2, 0.25) is 0 Å². The van der Waals surface area contributed by atoms with Crippen LogP contribution < -0.4 is 40.6 Å². The summed E-state index contributed by atoms with van der Waals surface area (Å²) in [7, 11) is -5.84. The molecule has 6 aromatic carbocycles. The van der Waals surface area contributed by atoms with E-state index in [9.17, 15) is 97.0 Å². The van der Waals surface area contributed by atoms with E-state index in [2.05, 4.69) is 97.7 Å². The number of nitrogens with two attached hydrogens (primary N) is 1. The van der Waals surface area contributed by atoms with Gasteiger partial charge in [0.25, 0.3) is 0 Å². The third kappa shape index (κ3) is 31.1. The Balaban J connectivity index is 0.000000235. The molecule has 2 amide bonds. The number of piperidine rings is 1. The minimum atomic E-state index is -5.84. The number of carbonyl (C=O) groups is 2. The number of hydrogen-bond donors (Lipinski definition) is 3. The van der Waals surface area contributed by atoms with E-state index in [1.54, 1.807) is 132 Å². The minimum absolute atomic E-state index is 0. The maximum atomic E-state index is 12.9. The van der Waals surface area contributed by atoms with Crippen molar-refractivity contribution in [3.05, 3.63) is 183 Å². The number of fused-ring (bicyclic) bond motifs is 5. The number of aliphatic imine (C=N–C) groups is 1. The molecule has 1 fully saturated rings. The quantitative estimate of drug-likeness (QED) is 0.0365. The molecule has 9 heterocycles. The van der Waals surface area contributed by atoms with E-state index in [-0.39, 0.29) is 75.8 Å². The molecule has 3 radical (unpaired) electrons. The summed E-state index contributed by atoms with van der Waals surface area (Å²) in [5.41, 5.74) is 6.15. The fraction of sp³-hybridized carbons (Fsp3) is 0.415. The molecular weight excluding hydrogens is 2000 g/mol. The molecule has 4 aliphatic heterocycles. The first-order chi connectivity index (χ1) is 58.2. The van der Waals surface area contributed by atoms with Gasteiger partial charge < -0.3 is 26.1 Å². The van der Waals surface area contributed by atoms with Crippen molar-refractivity contribution in [1.82, 2.24) is 40.0 Å². The average molecular weight is 2080 g/mol. The SMILES string of the molecule is CC1CC=C(OS(=O)(=O)C(F)(F)F)N(C(=O)OC(C)(C)C)C1.CC1CC=C(c2ccc3sc(C(F)(F)F)nc3c2)N(C(=O)OC(C)(C)C)C1.CC1CCC(c2ccc3sc(C(F)(F)F)nc3c2)=NC1.C[C@H]1CC[C@H](c2ccc3sc(C(F)(F)F)nc3c2)NC1.Cc1ccc2sc(C(F)(F)F)nc2c1.FC(F)(F)c1nc2cc(Br)ccc2s1.Nc1cc(Br)ccc1S.[B].[H-].[Na+]. The van der Waals surface area contributed by atoms with E-state index in [0.717, 1.165) is 92.4 Å². The van der Waals surface area contributed by atoms with Gasteiger partial charge in [0.2, 0.25) is 5.88 Å². The molecule has 0 saturated carbocycles. The van der Waals surface area contributed by atoms with Crippen LogP contribution in [0, 0.1) is 30.6 Å². The first-order valence-corrected chi connectivity index (χ1v) is 45.6. The zero-order valence-electron chi connectivity index (χ0n) is 71.1. The molecule has 3 N–H and O–H groups in total. The van der Waals surface area contributed by atoms with E-state index < -0.39 is 101 Å². The summed E-state index contributed by atoms with van der Waals surface area (Å²) in [5.74, 6) is 0.740. The number of ether oxygens (including phenoxy) is 2. The molecule has 128 heavy (non-hydrogen) atoms. The Morgan fingerprint density at radius 3 is 1.34 bits per heavy atom. The number of aromatic nitrogens is 5. The number of benzene rings is 6. The van der Waals surface area contributed by atoms with Crippen molar-refractivity contribution in [1.29, 1.82) is 0 Å². The molecule has 0 bridgehead atoms. The van der Waals surface area contributed by atoms with E-state index in [0.29, 0.717) is 138 Å². The number of nitrogen functional groups attached to an aromatic ring is 1. The van der Waals surface area contributed by atoms with Gasteiger partial charge in [-0.15, -0.1) is 69.3 Å². The van der Waals surface area contributed by atoms with Crippen LogP contribution in [0.4, 0.5) is 94.3 Å². The van der Waals surface area contributed by atoms with Gasteiger partial charge in [0.15, 0.2) is 25.0 Å². The molecule has 0 aliphatic carbocycles. The maximum Gasteiger partial charge on any atom is 1.00 e. The van der Waals surface area contributed by atoms with E-state index in [1.807, 2.05) is 50.3 Å². The predicted molar refractivity (Wildman–Crippen MR) is 473 cm³/mol. The molecule has 15 rings (SSSR count). The van der Waals surface area contributed by atoms with Crippen LogP contribution in [-0.2, 0) is 54.7 Å². The molecular formula is C82H83BBr2F18N10NaO7S7. The van der Waals surface area contributed by atoms with Crippen molar-refractivity contribution in [2.24, 2.45) is 28.7 Å². The van der Waals surface area contributed by atoms with Gasteiger partial charge in [0.1, 0.15) is 11.2 Å². The van der Waals surface area contributed by atoms with E-state index in [4.69, 9.17) is 15.2 Å². The summed E-state index contributed by atoms with van der Waals surface area (Å²) in [6.45, 7) is 22.3. The van der Waals surface area contributed by atoms with Crippen LogP contribution in [-0.4, -0.2) is 112 Å². The van der Waals surface area contributed by atoms with Crippen molar-refractivity contribution >= 4 is 200 Å². The number of nitrogens with zero attached hydrogens (tertiary/aromatic N) is 8. The molecule has 46 heteroatoms. The smallest absolute Gasteiger partial charge is 1.00 e. The summed E-state index contributed by atoms with van der Waals surface area (Å²) in [6.07, 6.45) is -15.1.